The summed E-state index contributed by atoms with van der Waals surface area (Å²) in [6.45, 7) is 4.11. The van der Waals surface area contributed by atoms with Crippen molar-refractivity contribution in [3.8, 4) is 17.4 Å². The number of aliphatic hydroxyl groups is 1. The summed E-state index contributed by atoms with van der Waals surface area (Å²) in [5, 5.41) is 10.4. The van der Waals surface area contributed by atoms with E-state index in [-0.39, 0.29) is 5.75 Å². The molecule has 1 N–H and O–H groups in total. The quantitative estimate of drug-likeness (QED) is 0.646. The molecule has 1 atom stereocenters. The van der Waals surface area contributed by atoms with Crippen molar-refractivity contribution in [2.45, 2.75) is 26.5 Å². The summed E-state index contributed by atoms with van der Waals surface area (Å²) in [4.78, 5) is 16.4. The van der Waals surface area contributed by atoms with Crippen LogP contribution < -0.4 is 9.47 Å². The minimum absolute atomic E-state index is 0.247. The summed E-state index contributed by atoms with van der Waals surface area (Å²) >= 11 is 0. The summed E-state index contributed by atoms with van der Waals surface area (Å²) in [5.41, 5.74) is -0.695. The molecule has 0 aliphatic heterocycles. The number of ether oxygens (including phenoxy) is 2. The van der Waals surface area contributed by atoms with Crippen LogP contribution in [-0.4, -0.2) is 26.7 Å². The van der Waals surface area contributed by atoms with Gasteiger partial charge in [-0.3, -0.25) is 0 Å². The molecule has 0 saturated heterocycles. The molecule has 6 heteroatoms. The molecule has 27 heavy (non-hydrogen) atoms. The molecule has 3 rings (SSSR count). The third kappa shape index (κ3) is 4.95. The van der Waals surface area contributed by atoms with Crippen LogP contribution in [0.1, 0.15) is 13.8 Å². The Kier molecular flexibility index (Phi) is 5.57. The second-order valence-corrected chi connectivity index (χ2v) is 6.91. The van der Waals surface area contributed by atoms with Crippen LogP contribution in [0.25, 0.3) is 0 Å². The molecule has 0 saturated carbocycles. The first-order valence-electron chi connectivity index (χ1n) is 8.63. The van der Waals surface area contributed by atoms with Crippen molar-refractivity contribution >= 4 is 5.97 Å². The van der Waals surface area contributed by atoms with Crippen LogP contribution in [0, 0.1) is 5.41 Å². The fraction of sp³-hybridized carbons (Fsp3) is 0.238. The fourth-order valence-electron chi connectivity index (χ4n) is 2.62. The summed E-state index contributed by atoms with van der Waals surface area (Å²) < 4.78 is 12.8. The fourth-order valence-corrected chi connectivity index (χ4v) is 2.62. The highest BCUT2D eigenvalue weighted by molar-refractivity contribution is 5.77. The topological polar surface area (TPSA) is 73.6 Å². The first-order chi connectivity index (χ1) is 12.9. The van der Waals surface area contributed by atoms with Gasteiger partial charge in [-0.2, -0.15) is 0 Å². The molecule has 1 aromatic carbocycles. The van der Waals surface area contributed by atoms with Crippen LogP contribution >= 0.6 is 0 Å². The van der Waals surface area contributed by atoms with Gasteiger partial charge in [0.05, 0.1) is 6.20 Å². The number of aliphatic hydroxyl groups excluding tert-OH is 1. The van der Waals surface area contributed by atoms with Gasteiger partial charge in [0, 0.05) is 30.4 Å². The molecule has 0 spiro atoms. The lowest BCUT2D eigenvalue weighted by atomic mass is 9.86. The number of carbonyl (C=O) groups excluding carboxylic acids is 1. The van der Waals surface area contributed by atoms with Crippen molar-refractivity contribution in [3.63, 3.8) is 0 Å². The standard InChI is InChI=1S/C21H22N2O4/c1-21(2,15-23-12-6-7-13-23)19(24)20(25)27-17-10-11-18(22-14-17)26-16-8-4-3-5-9-16/h3-14,19,24H,15H2,1-2H3. The number of pyridine rings is 1. The minimum Gasteiger partial charge on any atom is -0.439 e. The van der Waals surface area contributed by atoms with Gasteiger partial charge in [0.1, 0.15) is 11.5 Å². The van der Waals surface area contributed by atoms with E-state index in [4.69, 9.17) is 9.47 Å². The van der Waals surface area contributed by atoms with Gasteiger partial charge in [0.15, 0.2) is 6.10 Å². The predicted octanol–water partition coefficient (Wildman–Crippen LogP) is 3.67. The maximum atomic E-state index is 12.3. The largest absolute Gasteiger partial charge is 0.439 e. The number of rotatable bonds is 7. The van der Waals surface area contributed by atoms with E-state index in [1.165, 1.54) is 6.20 Å². The minimum atomic E-state index is -1.28. The van der Waals surface area contributed by atoms with E-state index in [1.54, 1.807) is 12.1 Å². The van der Waals surface area contributed by atoms with E-state index in [9.17, 15) is 9.90 Å². The summed E-state index contributed by atoms with van der Waals surface area (Å²) in [6, 6.07) is 16.2. The Morgan fingerprint density at radius 2 is 1.78 bits per heavy atom. The van der Waals surface area contributed by atoms with Gasteiger partial charge >= 0.3 is 5.97 Å². The molecule has 0 aliphatic rings. The highest BCUT2D eigenvalue weighted by Gasteiger charge is 2.35. The second-order valence-electron chi connectivity index (χ2n) is 6.91. The van der Waals surface area contributed by atoms with Crippen LogP contribution in [-0.2, 0) is 11.3 Å². The zero-order valence-corrected chi connectivity index (χ0v) is 15.3. The van der Waals surface area contributed by atoms with Crippen LogP contribution in [0.3, 0.4) is 0 Å². The van der Waals surface area contributed by atoms with Crippen molar-refractivity contribution in [2.24, 2.45) is 5.41 Å². The molecule has 0 aliphatic carbocycles. The Morgan fingerprint density at radius 3 is 2.41 bits per heavy atom. The van der Waals surface area contributed by atoms with E-state index in [0.717, 1.165) is 0 Å². The Labute approximate surface area is 158 Å². The summed E-state index contributed by atoms with van der Waals surface area (Å²) in [6.07, 6.45) is 3.88. The highest BCUT2D eigenvalue weighted by atomic mass is 16.5. The van der Waals surface area contributed by atoms with Gasteiger partial charge in [-0.1, -0.05) is 32.0 Å². The molecule has 0 amide bonds. The van der Waals surface area contributed by atoms with E-state index in [0.29, 0.717) is 18.2 Å². The smallest absolute Gasteiger partial charge is 0.341 e. The van der Waals surface area contributed by atoms with Crippen molar-refractivity contribution in [1.82, 2.24) is 9.55 Å². The Hall–Kier alpha value is -3.12. The normalized spacial score (nSPS) is 12.4. The lowest BCUT2D eigenvalue weighted by Crippen LogP contribution is -2.41. The molecule has 1 unspecified atom stereocenters. The molecular weight excluding hydrogens is 344 g/mol. The molecule has 0 radical (unpaired) electrons. The number of benzene rings is 1. The number of esters is 1. The summed E-state index contributed by atoms with van der Waals surface area (Å²) in [5.74, 6) is 0.577. The van der Waals surface area contributed by atoms with Crippen molar-refractivity contribution in [2.75, 3.05) is 0 Å². The first kappa shape index (κ1) is 18.7. The Balaban J connectivity index is 1.59. The lowest BCUT2D eigenvalue weighted by Gasteiger charge is -2.29. The number of nitrogens with zero attached hydrogens (tertiary/aromatic N) is 2. The summed E-state index contributed by atoms with van der Waals surface area (Å²) in [7, 11) is 0. The Bertz CT molecular complexity index is 859. The van der Waals surface area contributed by atoms with Gasteiger partial charge in [0.25, 0.3) is 0 Å². The van der Waals surface area contributed by atoms with Crippen molar-refractivity contribution in [1.29, 1.82) is 0 Å². The van der Waals surface area contributed by atoms with Gasteiger partial charge < -0.3 is 19.1 Å². The number of aromatic nitrogens is 2. The van der Waals surface area contributed by atoms with E-state index in [1.807, 2.05) is 73.3 Å². The van der Waals surface area contributed by atoms with E-state index in [2.05, 4.69) is 4.98 Å². The zero-order chi connectivity index (χ0) is 19.3. The van der Waals surface area contributed by atoms with Crippen molar-refractivity contribution in [3.05, 3.63) is 73.2 Å². The van der Waals surface area contributed by atoms with Crippen LogP contribution in [0.15, 0.2) is 73.2 Å². The SMILES string of the molecule is CC(C)(Cn1cccc1)C(O)C(=O)Oc1ccc(Oc2ccccc2)nc1. The number of hydrogen-bond donors (Lipinski definition) is 1. The van der Waals surface area contributed by atoms with Crippen molar-refractivity contribution < 1.29 is 19.4 Å². The lowest BCUT2D eigenvalue weighted by molar-refractivity contribution is -0.150. The first-order valence-corrected chi connectivity index (χ1v) is 8.63. The molecule has 3 aromatic rings. The molecule has 0 fully saturated rings. The third-order valence-corrected chi connectivity index (χ3v) is 4.11. The molecule has 140 valence electrons. The van der Waals surface area contributed by atoms with Gasteiger partial charge in [-0.15, -0.1) is 0 Å². The van der Waals surface area contributed by atoms with Crippen LogP contribution in [0.4, 0.5) is 0 Å². The molecule has 2 heterocycles. The average Bonchev–Trinajstić information content (AvgIpc) is 3.16. The predicted molar refractivity (Wildman–Crippen MR) is 101 cm³/mol. The average molecular weight is 366 g/mol. The molecular formula is C21H22N2O4. The second kappa shape index (κ2) is 8.05. The van der Waals surface area contributed by atoms with Crippen LogP contribution in [0.5, 0.6) is 17.4 Å². The zero-order valence-electron chi connectivity index (χ0n) is 15.3. The number of para-hydroxylation sites is 1. The maximum Gasteiger partial charge on any atom is 0.341 e. The van der Waals surface area contributed by atoms with E-state index >= 15 is 0 Å². The highest BCUT2D eigenvalue weighted by Crippen LogP contribution is 2.26. The van der Waals surface area contributed by atoms with Gasteiger partial charge in [-0.25, -0.2) is 9.78 Å². The van der Waals surface area contributed by atoms with Gasteiger partial charge in [0.2, 0.25) is 5.88 Å². The number of hydrogen-bond acceptors (Lipinski definition) is 5. The van der Waals surface area contributed by atoms with E-state index < -0.39 is 17.5 Å². The molecule has 0 bridgehead atoms. The van der Waals surface area contributed by atoms with Crippen LogP contribution in [0.2, 0.25) is 0 Å². The molecule has 2 aromatic heterocycles. The number of carbonyl (C=O) groups is 1. The monoisotopic (exact) mass is 366 g/mol. The van der Waals surface area contributed by atoms with Gasteiger partial charge in [-0.05, 0) is 30.3 Å². The maximum absolute atomic E-state index is 12.3. The Morgan fingerprint density at radius 1 is 1.07 bits per heavy atom. The molecule has 6 nitrogen and oxygen atoms in total. The third-order valence-electron chi connectivity index (χ3n) is 4.11.